The Labute approximate surface area is 187 Å². The Morgan fingerprint density at radius 2 is 1.78 bits per heavy atom. The zero-order valence-corrected chi connectivity index (χ0v) is 18.7. The molecule has 0 radical (unpaired) electrons. The summed E-state index contributed by atoms with van der Waals surface area (Å²) in [4.78, 5) is 24.6. The van der Waals surface area contributed by atoms with E-state index in [1.54, 1.807) is 49.9 Å². The van der Waals surface area contributed by atoms with Crippen LogP contribution >= 0.6 is 0 Å². The quantitative estimate of drug-likeness (QED) is 0.514. The zero-order chi connectivity index (χ0) is 23.1. The van der Waals surface area contributed by atoms with Gasteiger partial charge in [0.2, 0.25) is 0 Å². The van der Waals surface area contributed by atoms with Gasteiger partial charge in [-0.1, -0.05) is 6.07 Å². The van der Waals surface area contributed by atoms with Crippen LogP contribution in [0.15, 0.2) is 48.7 Å². The molecule has 0 saturated carbocycles. The Bertz CT molecular complexity index is 1090. The van der Waals surface area contributed by atoms with Crippen molar-refractivity contribution in [3.05, 3.63) is 71.0 Å². The van der Waals surface area contributed by atoms with E-state index in [4.69, 9.17) is 14.2 Å². The van der Waals surface area contributed by atoms with Crippen molar-refractivity contribution in [2.24, 2.45) is 0 Å². The summed E-state index contributed by atoms with van der Waals surface area (Å²) in [6.45, 7) is 6.66. The number of nitrogens with one attached hydrogen (secondary N) is 1. The SMILES string of the molecule is CCOC(=O)c1cnn(-c2ccc(C(=O)NCc3ccc(OCC)c(OC)c3)cc2)c1C. The van der Waals surface area contributed by atoms with Gasteiger partial charge in [0, 0.05) is 12.1 Å². The second-order valence-electron chi connectivity index (χ2n) is 6.92. The fourth-order valence-electron chi connectivity index (χ4n) is 3.21. The number of hydrogen-bond donors (Lipinski definition) is 1. The number of methoxy groups -OCH3 is 1. The molecule has 3 aromatic rings. The van der Waals surface area contributed by atoms with Crippen molar-refractivity contribution < 1.29 is 23.8 Å². The lowest BCUT2D eigenvalue weighted by Gasteiger charge is -2.12. The lowest BCUT2D eigenvalue weighted by Crippen LogP contribution is -2.22. The van der Waals surface area contributed by atoms with Crippen LogP contribution in [0.3, 0.4) is 0 Å². The number of benzene rings is 2. The molecule has 0 saturated heterocycles. The molecule has 0 atom stereocenters. The minimum Gasteiger partial charge on any atom is -0.493 e. The van der Waals surface area contributed by atoms with E-state index in [1.165, 1.54) is 6.20 Å². The molecule has 8 heteroatoms. The molecule has 0 spiro atoms. The second-order valence-corrected chi connectivity index (χ2v) is 6.92. The first-order chi connectivity index (χ1) is 15.5. The summed E-state index contributed by atoms with van der Waals surface area (Å²) in [7, 11) is 1.58. The number of ether oxygens (including phenoxy) is 3. The fourth-order valence-corrected chi connectivity index (χ4v) is 3.21. The number of carbonyl (C=O) groups is 2. The average molecular weight is 437 g/mol. The smallest absolute Gasteiger partial charge is 0.341 e. The molecule has 0 unspecified atom stereocenters. The topological polar surface area (TPSA) is 91.7 Å². The second kappa shape index (κ2) is 10.5. The summed E-state index contributed by atoms with van der Waals surface area (Å²) < 4.78 is 17.5. The maximum Gasteiger partial charge on any atom is 0.341 e. The van der Waals surface area contributed by atoms with Gasteiger partial charge in [-0.05, 0) is 62.7 Å². The van der Waals surface area contributed by atoms with E-state index in [1.807, 2.05) is 25.1 Å². The monoisotopic (exact) mass is 437 g/mol. The number of rotatable bonds is 9. The van der Waals surface area contributed by atoms with Crippen LogP contribution in [0.2, 0.25) is 0 Å². The molecule has 1 N–H and O–H groups in total. The van der Waals surface area contributed by atoms with Crippen LogP contribution in [0.5, 0.6) is 11.5 Å². The molecule has 0 aliphatic heterocycles. The Kier molecular flexibility index (Phi) is 7.49. The van der Waals surface area contributed by atoms with Gasteiger partial charge in [0.05, 0.1) is 37.9 Å². The van der Waals surface area contributed by atoms with Crippen molar-refractivity contribution in [3.8, 4) is 17.2 Å². The highest BCUT2D eigenvalue weighted by Crippen LogP contribution is 2.28. The van der Waals surface area contributed by atoms with Crippen molar-refractivity contribution in [1.82, 2.24) is 15.1 Å². The predicted molar refractivity (Wildman–Crippen MR) is 120 cm³/mol. The highest BCUT2D eigenvalue weighted by atomic mass is 16.5. The lowest BCUT2D eigenvalue weighted by atomic mass is 10.1. The Hall–Kier alpha value is -3.81. The third kappa shape index (κ3) is 5.08. The Morgan fingerprint density at radius 1 is 1.03 bits per heavy atom. The fraction of sp³-hybridized carbons (Fsp3) is 0.292. The van der Waals surface area contributed by atoms with E-state index in [9.17, 15) is 9.59 Å². The molecule has 2 aromatic carbocycles. The van der Waals surface area contributed by atoms with Gasteiger partial charge in [-0.2, -0.15) is 5.10 Å². The minimum atomic E-state index is -0.404. The predicted octanol–water partition coefficient (Wildman–Crippen LogP) is 3.69. The standard InChI is InChI=1S/C24H27N3O5/c1-5-31-21-12-7-17(13-22(21)30-4)14-25-23(28)18-8-10-19(11-9-18)27-16(3)20(15-26-27)24(29)32-6-2/h7-13,15H,5-6,14H2,1-4H3,(H,25,28). The number of hydrogen-bond acceptors (Lipinski definition) is 6. The first-order valence-corrected chi connectivity index (χ1v) is 10.4. The van der Waals surface area contributed by atoms with Gasteiger partial charge in [0.1, 0.15) is 5.56 Å². The molecule has 1 aromatic heterocycles. The molecule has 1 amide bonds. The maximum absolute atomic E-state index is 12.6. The van der Waals surface area contributed by atoms with Gasteiger partial charge in [-0.15, -0.1) is 0 Å². The highest BCUT2D eigenvalue weighted by molar-refractivity contribution is 5.94. The maximum atomic E-state index is 12.6. The molecule has 32 heavy (non-hydrogen) atoms. The number of esters is 1. The molecule has 1 heterocycles. The first kappa shape index (κ1) is 22.9. The lowest BCUT2D eigenvalue weighted by molar-refractivity contribution is 0.0525. The van der Waals surface area contributed by atoms with Crippen molar-refractivity contribution in [2.45, 2.75) is 27.3 Å². The third-order valence-electron chi connectivity index (χ3n) is 4.86. The van der Waals surface area contributed by atoms with Crippen molar-refractivity contribution in [2.75, 3.05) is 20.3 Å². The van der Waals surface area contributed by atoms with Gasteiger partial charge in [-0.25, -0.2) is 9.48 Å². The molecular formula is C24H27N3O5. The Morgan fingerprint density at radius 3 is 2.44 bits per heavy atom. The van der Waals surface area contributed by atoms with E-state index in [2.05, 4.69) is 10.4 Å². The van der Waals surface area contributed by atoms with E-state index < -0.39 is 5.97 Å². The van der Waals surface area contributed by atoms with Crippen LogP contribution in [-0.4, -0.2) is 42.0 Å². The third-order valence-corrected chi connectivity index (χ3v) is 4.86. The Balaban J connectivity index is 1.67. The zero-order valence-electron chi connectivity index (χ0n) is 18.7. The van der Waals surface area contributed by atoms with Gasteiger partial charge in [0.25, 0.3) is 5.91 Å². The van der Waals surface area contributed by atoms with Crippen LogP contribution in [0.4, 0.5) is 0 Å². The number of aromatic nitrogens is 2. The molecule has 168 valence electrons. The summed E-state index contributed by atoms with van der Waals surface area (Å²) in [6, 6.07) is 12.6. The van der Waals surface area contributed by atoms with Gasteiger partial charge in [-0.3, -0.25) is 4.79 Å². The summed E-state index contributed by atoms with van der Waals surface area (Å²) in [5, 5.41) is 7.17. The summed E-state index contributed by atoms with van der Waals surface area (Å²) in [5.74, 6) is 0.687. The van der Waals surface area contributed by atoms with Crippen molar-refractivity contribution in [1.29, 1.82) is 0 Å². The molecule has 0 fully saturated rings. The average Bonchev–Trinajstić information content (AvgIpc) is 3.20. The summed E-state index contributed by atoms with van der Waals surface area (Å²) in [5.41, 5.74) is 3.24. The molecule has 8 nitrogen and oxygen atoms in total. The summed E-state index contributed by atoms with van der Waals surface area (Å²) in [6.07, 6.45) is 1.49. The van der Waals surface area contributed by atoms with E-state index in [0.717, 1.165) is 11.3 Å². The van der Waals surface area contributed by atoms with E-state index in [0.29, 0.717) is 48.1 Å². The van der Waals surface area contributed by atoms with E-state index in [-0.39, 0.29) is 5.91 Å². The van der Waals surface area contributed by atoms with Crippen LogP contribution < -0.4 is 14.8 Å². The van der Waals surface area contributed by atoms with Gasteiger partial charge in [0.15, 0.2) is 11.5 Å². The van der Waals surface area contributed by atoms with Gasteiger partial charge >= 0.3 is 5.97 Å². The normalized spacial score (nSPS) is 10.5. The molecule has 3 rings (SSSR count). The van der Waals surface area contributed by atoms with Crippen molar-refractivity contribution >= 4 is 11.9 Å². The molecule has 0 aliphatic rings. The van der Waals surface area contributed by atoms with Crippen LogP contribution in [0.25, 0.3) is 5.69 Å². The largest absolute Gasteiger partial charge is 0.493 e. The van der Waals surface area contributed by atoms with Crippen LogP contribution in [0.1, 0.15) is 45.8 Å². The first-order valence-electron chi connectivity index (χ1n) is 10.4. The van der Waals surface area contributed by atoms with Gasteiger partial charge < -0.3 is 19.5 Å². The number of nitrogens with zero attached hydrogens (tertiary/aromatic N) is 2. The molecular weight excluding hydrogens is 410 g/mol. The van der Waals surface area contributed by atoms with Crippen LogP contribution in [-0.2, 0) is 11.3 Å². The molecule has 0 bridgehead atoms. The number of carbonyl (C=O) groups excluding carboxylic acids is 2. The minimum absolute atomic E-state index is 0.200. The molecule has 0 aliphatic carbocycles. The van der Waals surface area contributed by atoms with Crippen LogP contribution in [0, 0.1) is 6.92 Å². The highest BCUT2D eigenvalue weighted by Gasteiger charge is 2.16. The number of amides is 1. The van der Waals surface area contributed by atoms with E-state index >= 15 is 0 Å². The van der Waals surface area contributed by atoms with Crippen molar-refractivity contribution in [3.63, 3.8) is 0 Å². The summed E-state index contributed by atoms with van der Waals surface area (Å²) >= 11 is 0.